The summed E-state index contributed by atoms with van der Waals surface area (Å²) in [6.45, 7) is 0. The molecule has 0 amide bonds. The van der Waals surface area contributed by atoms with Crippen LogP contribution in [-0.2, 0) is 25.4 Å². The Hall–Kier alpha value is -0.150. The van der Waals surface area contributed by atoms with Crippen LogP contribution in [0.3, 0.4) is 0 Å². The minimum absolute atomic E-state index is 0.125. The number of nitrogens with two attached hydrogens (primary N) is 3. The van der Waals surface area contributed by atoms with Gasteiger partial charge in [-0.3, -0.25) is 18.2 Å². The van der Waals surface area contributed by atoms with Crippen molar-refractivity contribution >= 4 is 27.9 Å². The normalized spacial score (nSPS) is 11.7. The third-order valence-corrected chi connectivity index (χ3v) is 2.99. The summed E-state index contributed by atoms with van der Waals surface area (Å²) in [5, 5.41) is 0. The molecule has 0 heterocycles. The predicted octanol–water partition coefficient (Wildman–Crippen LogP) is -2.21. The molecule has 0 aromatic carbocycles. The minimum Gasteiger partial charge on any atom is -0.324 e. The van der Waals surface area contributed by atoms with Gasteiger partial charge in [-0.1, -0.05) is 0 Å². The lowest BCUT2D eigenvalue weighted by Gasteiger charge is -2.08. The first-order valence-corrected chi connectivity index (χ1v) is 8.81. The van der Waals surface area contributed by atoms with E-state index in [1.54, 1.807) is 0 Å². The van der Waals surface area contributed by atoms with Gasteiger partial charge in [-0.25, -0.2) is 0 Å². The van der Waals surface area contributed by atoms with E-state index in [0.717, 1.165) is 0 Å². The van der Waals surface area contributed by atoms with E-state index >= 15 is 0 Å². The predicted molar refractivity (Wildman–Crippen MR) is 63.1 cm³/mol. The molecule has 15 heteroatoms. The molecule has 0 aliphatic carbocycles. The van der Waals surface area contributed by atoms with E-state index in [1.807, 2.05) is 0 Å². The van der Waals surface area contributed by atoms with Crippen LogP contribution in [0.2, 0.25) is 0 Å². The first-order chi connectivity index (χ1) is 7.68. The van der Waals surface area contributed by atoms with Crippen LogP contribution in [0, 0.1) is 0 Å². The Morgan fingerprint density at radius 3 is 0.833 bits per heavy atom. The van der Waals surface area contributed by atoms with Gasteiger partial charge in [-0.05, 0) is 0 Å². The van der Waals surface area contributed by atoms with E-state index in [2.05, 4.69) is 0 Å². The Balaban J connectivity index is -0.000000197. The van der Waals surface area contributed by atoms with Gasteiger partial charge >= 0.3 is 20.8 Å². The van der Waals surface area contributed by atoms with Crippen molar-refractivity contribution in [3.8, 4) is 0 Å². The first-order valence-electron chi connectivity index (χ1n) is 3.75. The highest BCUT2D eigenvalue weighted by molar-refractivity contribution is 7.80. The van der Waals surface area contributed by atoms with E-state index in [9.17, 15) is 4.57 Å². The molecule has 0 aromatic rings. The van der Waals surface area contributed by atoms with Crippen LogP contribution in [0.1, 0.15) is 0 Å². The quantitative estimate of drug-likeness (QED) is 0.214. The summed E-state index contributed by atoms with van der Waals surface area (Å²) in [7, 11) is -11.7. The van der Waals surface area contributed by atoms with Crippen LogP contribution in [0.4, 0.5) is 0 Å². The molecule has 10 N–H and O–H groups in total. The van der Waals surface area contributed by atoms with Gasteiger partial charge in [-0.15, -0.1) is 0 Å². The zero-order chi connectivity index (χ0) is 15.6. The van der Waals surface area contributed by atoms with Gasteiger partial charge in [0.1, 0.15) is 7.14 Å². The van der Waals surface area contributed by atoms with Crippen LogP contribution in [-0.4, -0.2) is 53.9 Å². The SMILES string of the molecule is NCP(=O)(CN)CN.O=S(=O)(O)O.O=S(=O)(O)O. The molecule has 0 aromatic heterocycles. The maximum absolute atomic E-state index is 10.9. The number of rotatable bonds is 3. The molecule has 0 saturated carbocycles. The molecular formula is C3H16N3O9PS2. The summed E-state index contributed by atoms with van der Waals surface area (Å²) in [6, 6.07) is 0. The molecule has 0 bridgehead atoms. The van der Waals surface area contributed by atoms with Crippen LogP contribution >= 0.6 is 7.14 Å². The van der Waals surface area contributed by atoms with Crippen LogP contribution in [0.15, 0.2) is 0 Å². The zero-order valence-electron chi connectivity index (χ0n) is 8.95. The largest absolute Gasteiger partial charge is 0.394 e. The van der Waals surface area contributed by atoms with E-state index in [4.69, 9.17) is 52.2 Å². The lowest BCUT2D eigenvalue weighted by atomic mass is 11.5. The smallest absolute Gasteiger partial charge is 0.324 e. The molecule has 114 valence electrons. The fourth-order valence-corrected chi connectivity index (χ4v) is 0.671. The molecule has 0 spiro atoms. The molecule has 0 atom stereocenters. The second-order valence-corrected chi connectivity index (χ2v) is 7.50. The van der Waals surface area contributed by atoms with Gasteiger partial charge in [0.25, 0.3) is 0 Å². The van der Waals surface area contributed by atoms with Crippen LogP contribution in [0.25, 0.3) is 0 Å². The van der Waals surface area contributed by atoms with E-state index in [0.29, 0.717) is 0 Å². The first kappa shape index (κ1) is 23.0. The Morgan fingerprint density at radius 1 is 0.722 bits per heavy atom. The lowest BCUT2D eigenvalue weighted by molar-refractivity contribution is 0.378. The van der Waals surface area contributed by atoms with Crippen molar-refractivity contribution in [2.24, 2.45) is 17.2 Å². The monoisotopic (exact) mass is 333 g/mol. The van der Waals surface area contributed by atoms with Gasteiger partial charge in [-0.2, -0.15) is 16.8 Å². The highest BCUT2D eigenvalue weighted by Crippen LogP contribution is 2.38. The Bertz CT molecular complexity index is 379. The molecule has 18 heavy (non-hydrogen) atoms. The second kappa shape index (κ2) is 9.74. The van der Waals surface area contributed by atoms with E-state index < -0.39 is 27.9 Å². The summed E-state index contributed by atoms with van der Waals surface area (Å²) in [6.07, 6.45) is 0.375. The fraction of sp³-hybridized carbons (Fsp3) is 1.00. The molecule has 0 saturated heterocycles. The van der Waals surface area contributed by atoms with Crippen LogP contribution in [0.5, 0.6) is 0 Å². The van der Waals surface area contributed by atoms with Gasteiger partial charge < -0.3 is 21.8 Å². The minimum atomic E-state index is -4.67. The summed E-state index contributed by atoms with van der Waals surface area (Å²) in [4.78, 5) is 0. The van der Waals surface area contributed by atoms with Crippen molar-refractivity contribution in [3.05, 3.63) is 0 Å². The molecule has 0 radical (unpaired) electrons. The molecule has 0 fully saturated rings. The molecule has 12 nitrogen and oxygen atoms in total. The second-order valence-electron chi connectivity index (χ2n) is 2.50. The average Bonchev–Trinajstić information content (AvgIpc) is 2.11. The Kier molecular flexibility index (Phi) is 12.4. The highest BCUT2D eigenvalue weighted by Gasteiger charge is 2.13. The Morgan fingerprint density at radius 2 is 0.833 bits per heavy atom. The maximum atomic E-state index is 10.9. The third-order valence-electron chi connectivity index (χ3n) is 0.998. The number of hydrogen-bond donors (Lipinski definition) is 7. The summed E-state index contributed by atoms with van der Waals surface area (Å²) in [5.41, 5.74) is 15.3. The third kappa shape index (κ3) is 44.6. The summed E-state index contributed by atoms with van der Waals surface area (Å²) in [5.74, 6) is 0. The van der Waals surface area contributed by atoms with E-state index in [-0.39, 0.29) is 18.9 Å². The molecule has 0 rings (SSSR count). The standard InChI is InChI=1S/C3H12N3OP.2H2O4S/c4-1-8(7,2-5)3-6;2*1-5(2,3)4/h1-6H2;2*(H2,1,2,3,4). The van der Waals surface area contributed by atoms with Gasteiger partial charge in [0.15, 0.2) is 0 Å². The molecular weight excluding hydrogens is 317 g/mol. The molecule has 0 aliphatic rings. The maximum Gasteiger partial charge on any atom is 0.394 e. The van der Waals surface area contributed by atoms with Gasteiger partial charge in [0, 0.05) is 18.9 Å². The van der Waals surface area contributed by atoms with Crippen molar-refractivity contribution in [1.82, 2.24) is 0 Å². The molecule has 0 unspecified atom stereocenters. The highest BCUT2D eigenvalue weighted by atomic mass is 32.3. The van der Waals surface area contributed by atoms with Crippen molar-refractivity contribution in [1.29, 1.82) is 0 Å². The van der Waals surface area contributed by atoms with Crippen molar-refractivity contribution < 1.29 is 39.6 Å². The Labute approximate surface area is 104 Å². The molecule has 0 aliphatic heterocycles. The topological polar surface area (TPSA) is 244 Å². The van der Waals surface area contributed by atoms with Crippen molar-refractivity contribution in [2.75, 3.05) is 18.9 Å². The summed E-state index contributed by atoms with van der Waals surface area (Å²) >= 11 is 0. The van der Waals surface area contributed by atoms with E-state index in [1.165, 1.54) is 0 Å². The number of hydrogen-bond acceptors (Lipinski definition) is 8. The van der Waals surface area contributed by atoms with Crippen LogP contribution < -0.4 is 17.2 Å². The van der Waals surface area contributed by atoms with Crippen molar-refractivity contribution in [2.45, 2.75) is 0 Å². The van der Waals surface area contributed by atoms with Crippen molar-refractivity contribution in [3.63, 3.8) is 0 Å². The van der Waals surface area contributed by atoms with Gasteiger partial charge in [0.05, 0.1) is 0 Å². The lowest BCUT2D eigenvalue weighted by Crippen LogP contribution is -2.16. The zero-order valence-corrected chi connectivity index (χ0v) is 11.5. The fourth-order valence-electron chi connectivity index (χ4n) is 0.224. The average molecular weight is 333 g/mol. The van der Waals surface area contributed by atoms with Gasteiger partial charge in [0.2, 0.25) is 0 Å². The summed E-state index contributed by atoms with van der Waals surface area (Å²) < 4.78 is 74.1.